The molecule has 0 aliphatic heterocycles. The number of halogens is 1. The van der Waals surface area contributed by atoms with Gasteiger partial charge in [0.25, 0.3) is 6.01 Å². The predicted octanol–water partition coefficient (Wildman–Crippen LogP) is 2.16. The zero-order chi connectivity index (χ0) is 5.70. The van der Waals surface area contributed by atoms with Crippen LogP contribution in [0.5, 0.6) is 0 Å². The van der Waals surface area contributed by atoms with Crippen LogP contribution in [-0.4, -0.2) is 5.11 Å². The molecule has 0 spiro atoms. The molecule has 0 unspecified atom stereocenters. The van der Waals surface area contributed by atoms with Crippen LogP contribution in [-0.2, 0) is 0 Å². The molecule has 0 aromatic heterocycles. The van der Waals surface area contributed by atoms with Gasteiger partial charge in [-0.15, -0.1) is 0 Å². The molecular formula is C5H9FO. The lowest BCUT2D eigenvalue weighted by Crippen LogP contribution is -1.66. The van der Waals surface area contributed by atoms with Gasteiger partial charge in [-0.2, -0.15) is 4.39 Å². The third-order valence-electron chi connectivity index (χ3n) is 0.601. The predicted molar refractivity (Wildman–Crippen MR) is 26.7 cm³/mol. The molecule has 0 aromatic carbocycles. The Morgan fingerprint density at radius 1 is 1.86 bits per heavy atom. The van der Waals surface area contributed by atoms with Gasteiger partial charge in [-0.05, 0) is 12.5 Å². The summed E-state index contributed by atoms with van der Waals surface area (Å²) in [6.07, 6.45) is 2.64. The Hall–Kier alpha value is -0.530. The van der Waals surface area contributed by atoms with Crippen LogP contribution in [0.25, 0.3) is 0 Å². The lowest BCUT2D eigenvalue weighted by Gasteiger charge is -1.80. The van der Waals surface area contributed by atoms with Gasteiger partial charge in [0.05, 0.1) is 0 Å². The highest BCUT2D eigenvalue weighted by molar-refractivity contribution is 4.78. The Kier molecular flexibility index (Phi) is 3.38. The molecule has 0 aliphatic rings. The molecule has 0 heterocycles. The summed E-state index contributed by atoms with van der Waals surface area (Å²) >= 11 is 0. The molecule has 0 saturated carbocycles. The van der Waals surface area contributed by atoms with Crippen LogP contribution in [0.15, 0.2) is 12.1 Å². The molecule has 0 radical (unpaired) electrons. The van der Waals surface area contributed by atoms with Crippen molar-refractivity contribution in [1.29, 1.82) is 0 Å². The van der Waals surface area contributed by atoms with Gasteiger partial charge < -0.3 is 5.11 Å². The van der Waals surface area contributed by atoms with E-state index in [1.54, 1.807) is 0 Å². The van der Waals surface area contributed by atoms with Crippen molar-refractivity contribution in [3.63, 3.8) is 0 Å². The maximum atomic E-state index is 11.3. The van der Waals surface area contributed by atoms with Crippen molar-refractivity contribution in [2.75, 3.05) is 0 Å². The van der Waals surface area contributed by atoms with E-state index in [-0.39, 0.29) is 0 Å². The van der Waals surface area contributed by atoms with Crippen molar-refractivity contribution in [3.8, 4) is 0 Å². The number of aliphatic hydroxyl groups excluding tert-OH is 1. The number of aliphatic hydroxyl groups is 1. The molecule has 0 saturated heterocycles. The second-order valence-electron chi connectivity index (χ2n) is 1.32. The quantitative estimate of drug-likeness (QED) is 0.532. The maximum absolute atomic E-state index is 11.3. The minimum absolute atomic E-state index is 0.613. The fourth-order valence-corrected chi connectivity index (χ4v) is 0.263. The fraction of sp³-hybridized carbons (Fsp3) is 0.600. The van der Waals surface area contributed by atoms with Gasteiger partial charge in [0, 0.05) is 0 Å². The number of hydrogen-bond acceptors (Lipinski definition) is 1. The Labute approximate surface area is 42.5 Å². The highest BCUT2D eigenvalue weighted by Crippen LogP contribution is 1.94. The number of rotatable bonds is 2. The van der Waals surface area contributed by atoms with Crippen molar-refractivity contribution >= 4 is 0 Å². The molecule has 0 atom stereocenters. The standard InChI is InChI=1S/C5H9FO/c1-2-3-4-5(6)7/h4,7H,2-3H2,1H3. The molecule has 0 fully saturated rings. The Morgan fingerprint density at radius 3 is 2.57 bits per heavy atom. The van der Waals surface area contributed by atoms with Crippen LogP contribution in [0.4, 0.5) is 4.39 Å². The highest BCUT2D eigenvalue weighted by atomic mass is 19.1. The first kappa shape index (κ1) is 6.47. The highest BCUT2D eigenvalue weighted by Gasteiger charge is 1.80. The Bertz CT molecular complexity index is 64.5. The lowest BCUT2D eigenvalue weighted by molar-refractivity contribution is 0.280. The summed E-state index contributed by atoms with van der Waals surface area (Å²) in [5.74, 6) is 0. The van der Waals surface area contributed by atoms with Gasteiger partial charge in [0.1, 0.15) is 0 Å². The molecular weight excluding hydrogens is 95.1 g/mol. The summed E-state index contributed by atoms with van der Waals surface area (Å²) in [4.78, 5) is 0. The van der Waals surface area contributed by atoms with Crippen LogP contribution in [0.1, 0.15) is 19.8 Å². The number of allylic oxidation sites excluding steroid dienone is 1. The first-order valence-corrected chi connectivity index (χ1v) is 2.32. The van der Waals surface area contributed by atoms with Crippen molar-refractivity contribution in [2.24, 2.45) is 0 Å². The average Bonchev–Trinajstić information content (AvgIpc) is 1.61. The SMILES string of the molecule is CCCC=C(O)F. The molecule has 7 heavy (non-hydrogen) atoms. The van der Waals surface area contributed by atoms with Crippen LogP contribution >= 0.6 is 0 Å². The smallest absolute Gasteiger partial charge is 0.266 e. The van der Waals surface area contributed by atoms with E-state index in [2.05, 4.69) is 0 Å². The Morgan fingerprint density at radius 2 is 2.43 bits per heavy atom. The third kappa shape index (κ3) is 5.47. The largest absolute Gasteiger partial charge is 0.487 e. The fourth-order valence-electron chi connectivity index (χ4n) is 0.263. The average molecular weight is 104 g/mol. The van der Waals surface area contributed by atoms with Crippen molar-refractivity contribution in [1.82, 2.24) is 0 Å². The summed E-state index contributed by atoms with van der Waals surface area (Å²) in [7, 11) is 0. The Balaban J connectivity index is 3.08. The molecule has 0 amide bonds. The van der Waals surface area contributed by atoms with Crippen molar-refractivity contribution in [3.05, 3.63) is 12.1 Å². The van der Waals surface area contributed by atoms with Crippen LogP contribution in [0.3, 0.4) is 0 Å². The number of hydrogen-bond donors (Lipinski definition) is 1. The maximum Gasteiger partial charge on any atom is 0.266 e. The van der Waals surface area contributed by atoms with Gasteiger partial charge in [-0.1, -0.05) is 13.3 Å². The van der Waals surface area contributed by atoms with Gasteiger partial charge in [-0.3, -0.25) is 0 Å². The molecule has 42 valence electrons. The second-order valence-corrected chi connectivity index (χ2v) is 1.32. The lowest BCUT2D eigenvalue weighted by atomic mass is 10.3. The third-order valence-corrected chi connectivity index (χ3v) is 0.601. The molecule has 1 nitrogen and oxygen atoms in total. The van der Waals surface area contributed by atoms with Crippen LogP contribution in [0, 0.1) is 0 Å². The molecule has 0 bridgehead atoms. The summed E-state index contributed by atoms with van der Waals surface area (Å²) < 4.78 is 11.3. The van der Waals surface area contributed by atoms with Crippen molar-refractivity contribution in [2.45, 2.75) is 19.8 Å². The van der Waals surface area contributed by atoms with Crippen LogP contribution < -0.4 is 0 Å². The monoisotopic (exact) mass is 104 g/mol. The topological polar surface area (TPSA) is 20.2 Å². The second kappa shape index (κ2) is 3.65. The molecule has 0 aliphatic carbocycles. The van der Waals surface area contributed by atoms with Gasteiger partial charge in [0.2, 0.25) is 0 Å². The van der Waals surface area contributed by atoms with Gasteiger partial charge >= 0.3 is 0 Å². The summed E-state index contributed by atoms with van der Waals surface area (Å²) in [5.41, 5.74) is 0. The van der Waals surface area contributed by atoms with Gasteiger partial charge in [-0.25, -0.2) is 0 Å². The molecule has 0 aromatic rings. The van der Waals surface area contributed by atoms with Gasteiger partial charge in [0.15, 0.2) is 0 Å². The normalized spacial score (nSPS) is 12.0. The summed E-state index contributed by atoms with van der Waals surface area (Å²) in [6.45, 7) is 1.92. The van der Waals surface area contributed by atoms with Crippen LogP contribution in [0.2, 0.25) is 0 Å². The number of unbranched alkanes of at least 4 members (excludes halogenated alkanes) is 1. The zero-order valence-corrected chi connectivity index (χ0v) is 4.32. The minimum Gasteiger partial charge on any atom is -0.487 e. The summed E-state index contributed by atoms with van der Waals surface area (Å²) in [5, 5.41) is 7.88. The van der Waals surface area contributed by atoms with E-state index in [9.17, 15) is 4.39 Å². The van der Waals surface area contributed by atoms with Crippen molar-refractivity contribution < 1.29 is 9.50 Å². The molecule has 0 rings (SSSR count). The minimum atomic E-state index is -1.07. The summed E-state index contributed by atoms with van der Waals surface area (Å²) in [6, 6.07) is -1.07. The van der Waals surface area contributed by atoms with E-state index in [4.69, 9.17) is 5.11 Å². The van der Waals surface area contributed by atoms with E-state index in [0.29, 0.717) is 6.42 Å². The first-order chi connectivity index (χ1) is 3.27. The van der Waals surface area contributed by atoms with E-state index in [0.717, 1.165) is 12.5 Å². The molecule has 1 N–H and O–H groups in total. The van der Waals surface area contributed by atoms with E-state index >= 15 is 0 Å². The van der Waals surface area contributed by atoms with E-state index < -0.39 is 6.01 Å². The zero-order valence-electron chi connectivity index (χ0n) is 4.32. The first-order valence-electron chi connectivity index (χ1n) is 2.32. The van der Waals surface area contributed by atoms with E-state index in [1.807, 2.05) is 6.92 Å². The van der Waals surface area contributed by atoms with E-state index in [1.165, 1.54) is 0 Å². The molecule has 2 heteroatoms.